The van der Waals surface area contributed by atoms with E-state index in [1.54, 1.807) is 33.7 Å². The van der Waals surface area contributed by atoms with Crippen LogP contribution in [0.5, 0.6) is 0 Å². The Kier molecular flexibility index (Phi) is 10.6. The lowest BCUT2D eigenvalue weighted by atomic mass is 10.1. The third-order valence-corrected chi connectivity index (χ3v) is 12.1. The van der Waals surface area contributed by atoms with E-state index >= 15 is 0 Å². The molecule has 0 N–H and O–H groups in total. The van der Waals surface area contributed by atoms with Crippen molar-refractivity contribution < 1.29 is 17.5 Å². The Labute approximate surface area is 292 Å². The molecule has 0 unspecified atom stereocenters. The Hall–Kier alpha value is -4.00. The first-order chi connectivity index (χ1) is 23.3. The van der Waals surface area contributed by atoms with Gasteiger partial charge in [0.05, 0.1) is 31.4 Å². The molecule has 6 rings (SSSR count). The fourth-order valence-corrected chi connectivity index (χ4v) is 9.71. The van der Waals surface area contributed by atoms with Crippen molar-refractivity contribution in [3.63, 3.8) is 0 Å². The second kappa shape index (κ2) is 15.0. The van der Waals surface area contributed by atoms with Gasteiger partial charge in [0.1, 0.15) is 9.54 Å². The van der Waals surface area contributed by atoms with Crippen LogP contribution < -0.4 is 24.2 Å². The predicted molar refractivity (Wildman–Crippen MR) is 199 cm³/mol. The molecule has 0 fully saturated rings. The molecule has 1 aliphatic heterocycles. The number of hydrogen-bond donors (Lipinski definition) is 0. The van der Waals surface area contributed by atoms with Crippen LogP contribution in [0.4, 0.5) is 5.69 Å². The van der Waals surface area contributed by atoms with Gasteiger partial charge in [-0.2, -0.15) is 4.57 Å². The number of thioether (sulfide) groups is 1. The zero-order valence-electron chi connectivity index (χ0n) is 26.4. The molecule has 3 aromatic carbocycles. The van der Waals surface area contributed by atoms with E-state index in [9.17, 15) is 17.8 Å². The Balaban J connectivity index is 1.50. The van der Waals surface area contributed by atoms with Crippen LogP contribution in [0.1, 0.15) is 24.8 Å². The maximum atomic E-state index is 13.8. The lowest BCUT2D eigenvalue weighted by Crippen LogP contribution is -2.38. The standard InChI is InChI=1S/C37H35N3O4S4/c1-3-23-40-34(46-31(37(40)41)21-22-32-38(4-2)29-19-11-12-20-30(29)45-32)26-33-39(24-13-14-25-48(42,43)44)35(27-15-7-5-8-16-27)36(47-33)28-17-9-6-10-18-28/h3,5-12,15-22,26H,1,4,13-14,23-25H2,2H3/b31-21+,32-22-. The van der Waals surface area contributed by atoms with Crippen LogP contribution in [-0.2, 0) is 23.2 Å². The number of allylic oxidation sites excluding steroid dienone is 2. The molecule has 0 saturated heterocycles. The molecule has 0 spiro atoms. The summed E-state index contributed by atoms with van der Waals surface area (Å²) in [5, 5.41) is 1.99. The van der Waals surface area contributed by atoms with Crippen molar-refractivity contribution in [3.8, 4) is 21.7 Å². The maximum absolute atomic E-state index is 13.8. The highest BCUT2D eigenvalue weighted by molar-refractivity contribution is 8.03. The summed E-state index contributed by atoms with van der Waals surface area (Å²) < 4.78 is 39.5. The van der Waals surface area contributed by atoms with E-state index in [2.05, 4.69) is 59.4 Å². The van der Waals surface area contributed by atoms with Gasteiger partial charge in [-0.25, -0.2) is 8.42 Å². The summed E-state index contributed by atoms with van der Waals surface area (Å²) in [6.07, 6.45) is 8.48. The molecule has 1 aliphatic rings. The molecule has 0 amide bonds. The fraction of sp³-hybridized carbons (Fsp3) is 0.189. The van der Waals surface area contributed by atoms with Crippen LogP contribution >= 0.6 is 34.4 Å². The smallest absolute Gasteiger partial charge is 0.269 e. The van der Waals surface area contributed by atoms with E-state index in [0.717, 1.165) is 42.9 Å². The number of unbranched alkanes of at least 4 members (excludes halogenated alkanes) is 1. The van der Waals surface area contributed by atoms with Gasteiger partial charge >= 0.3 is 0 Å². The molecule has 2 aromatic heterocycles. The molecule has 0 atom stereocenters. The molecule has 3 heterocycles. The quantitative estimate of drug-likeness (QED) is 0.0664. The van der Waals surface area contributed by atoms with Gasteiger partial charge in [-0.1, -0.05) is 89.8 Å². The van der Waals surface area contributed by atoms with E-state index in [1.807, 2.05) is 66.8 Å². The van der Waals surface area contributed by atoms with Crippen LogP contribution in [0.3, 0.4) is 0 Å². The summed E-state index contributed by atoms with van der Waals surface area (Å²) in [5.41, 5.74) is 4.18. The highest BCUT2D eigenvalue weighted by Gasteiger charge is 2.28. The summed E-state index contributed by atoms with van der Waals surface area (Å²) in [4.78, 5) is 18.3. The highest BCUT2D eigenvalue weighted by atomic mass is 32.2. The SMILES string of the molecule is C=CCn1c(=O)/c(=C\C=C2/Sc3ccccc3N2CC)s/c1=C\c1sc(-c2ccccc2)c(-c2ccccc2)[n+]1CCCCS(=O)(=O)[O-]. The highest BCUT2D eigenvalue weighted by Crippen LogP contribution is 2.45. The fourth-order valence-electron chi connectivity index (χ4n) is 5.70. The second-order valence-electron chi connectivity index (χ2n) is 11.1. The molecule has 48 heavy (non-hydrogen) atoms. The van der Waals surface area contributed by atoms with E-state index in [1.165, 1.54) is 21.9 Å². The maximum Gasteiger partial charge on any atom is 0.269 e. The number of anilines is 1. The zero-order chi connectivity index (χ0) is 33.7. The van der Waals surface area contributed by atoms with Gasteiger partial charge in [0.25, 0.3) is 10.6 Å². The number of hydrogen-bond acceptors (Lipinski definition) is 8. The first kappa shape index (κ1) is 33.9. The van der Waals surface area contributed by atoms with Gasteiger partial charge in [0.2, 0.25) is 5.69 Å². The van der Waals surface area contributed by atoms with E-state index in [4.69, 9.17) is 0 Å². The van der Waals surface area contributed by atoms with Gasteiger partial charge in [-0.3, -0.25) is 9.36 Å². The minimum absolute atomic E-state index is 0.0816. The van der Waals surface area contributed by atoms with Gasteiger partial charge in [0.15, 0.2) is 6.54 Å². The van der Waals surface area contributed by atoms with E-state index in [0.29, 0.717) is 24.0 Å². The first-order valence-corrected chi connectivity index (χ1v) is 19.7. The topological polar surface area (TPSA) is 86.3 Å². The number of thiazole rings is 2. The number of para-hydroxylation sites is 1. The Bertz CT molecular complexity index is 2250. The second-order valence-corrected chi connectivity index (χ2v) is 15.8. The van der Waals surface area contributed by atoms with Crippen molar-refractivity contribution in [1.82, 2.24) is 4.57 Å². The van der Waals surface area contributed by atoms with Gasteiger partial charge in [0, 0.05) is 35.7 Å². The molecule has 0 saturated carbocycles. The Morgan fingerprint density at radius 2 is 1.58 bits per heavy atom. The van der Waals surface area contributed by atoms with E-state index < -0.39 is 15.9 Å². The summed E-state index contributed by atoms with van der Waals surface area (Å²) in [5.74, 6) is -0.402. The van der Waals surface area contributed by atoms with Crippen LogP contribution in [0.15, 0.2) is 118 Å². The molecular formula is C37H35N3O4S4. The molecule has 11 heteroatoms. The third kappa shape index (κ3) is 7.50. The lowest BCUT2D eigenvalue weighted by Gasteiger charge is -2.17. The van der Waals surface area contributed by atoms with E-state index in [-0.39, 0.29) is 12.0 Å². The van der Waals surface area contributed by atoms with Crippen LogP contribution in [0, 0.1) is 0 Å². The minimum Gasteiger partial charge on any atom is -0.748 e. The monoisotopic (exact) mass is 713 g/mol. The van der Waals surface area contributed by atoms with Crippen molar-refractivity contribution in [2.45, 2.75) is 37.8 Å². The number of fused-ring (bicyclic) bond motifs is 1. The number of rotatable bonds is 12. The molecule has 246 valence electrons. The van der Waals surface area contributed by atoms with Crippen molar-refractivity contribution in [2.75, 3.05) is 17.2 Å². The van der Waals surface area contributed by atoms with Gasteiger partial charge in [-0.15, -0.1) is 17.9 Å². The zero-order valence-corrected chi connectivity index (χ0v) is 29.7. The average Bonchev–Trinajstić information content (AvgIpc) is 3.73. The number of nitrogens with zero attached hydrogens (tertiary/aromatic N) is 3. The van der Waals surface area contributed by atoms with Crippen LogP contribution in [0.2, 0.25) is 0 Å². The van der Waals surface area contributed by atoms with Crippen LogP contribution in [-0.4, -0.2) is 29.8 Å². The molecule has 5 aromatic rings. The average molecular weight is 714 g/mol. The lowest BCUT2D eigenvalue weighted by molar-refractivity contribution is -0.683. The minimum atomic E-state index is -4.31. The molecule has 0 radical (unpaired) electrons. The van der Waals surface area contributed by atoms with Gasteiger partial charge < -0.3 is 9.45 Å². The third-order valence-electron chi connectivity index (χ3n) is 7.89. The summed E-state index contributed by atoms with van der Waals surface area (Å²) in [6.45, 7) is 7.71. The van der Waals surface area contributed by atoms with Crippen LogP contribution in [0.25, 0.3) is 33.9 Å². The Morgan fingerprint density at radius 3 is 2.27 bits per heavy atom. The van der Waals surface area contributed by atoms with Crippen molar-refractivity contribution >= 4 is 62.4 Å². The van der Waals surface area contributed by atoms with Crippen molar-refractivity contribution in [2.24, 2.45) is 0 Å². The molecule has 0 bridgehead atoms. The molecular weight excluding hydrogens is 679 g/mol. The summed E-state index contributed by atoms with van der Waals surface area (Å²) >= 11 is 4.76. The number of aromatic nitrogens is 2. The van der Waals surface area contributed by atoms with Gasteiger partial charge in [-0.05, 0) is 55.3 Å². The Morgan fingerprint density at radius 1 is 0.896 bits per heavy atom. The first-order valence-electron chi connectivity index (χ1n) is 15.7. The summed E-state index contributed by atoms with van der Waals surface area (Å²) in [7, 11) is -4.31. The largest absolute Gasteiger partial charge is 0.748 e. The predicted octanol–water partition coefficient (Wildman–Crippen LogP) is 6.19. The van der Waals surface area contributed by atoms with Crippen molar-refractivity contribution in [3.05, 3.63) is 133 Å². The summed E-state index contributed by atoms with van der Waals surface area (Å²) in [6, 6.07) is 28.6. The molecule has 7 nitrogen and oxygen atoms in total. The van der Waals surface area contributed by atoms with Crippen molar-refractivity contribution in [1.29, 1.82) is 0 Å². The normalized spacial score (nSPS) is 14.6. The molecule has 0 aliphatic carbocycles. The number of benzene rings is 3.